The third-order valence-electron chi connectivity index (χ3n) is 6.05. The molecule has 2 aliphatic heterocycles. The van der Waals surface area contributed by atoms with E-state index in [2.05, 4.69) is 32.6 Å². The van der Waals surface area contributed by atoms with Crippen molar-refractivity contribution in [2.45, 2.75) is 13.0 Å². The van der Waals surface area contributed by atoms with E-state index in [0.717, 1.165) is 26.2 Å². The number of esters is 1. The van der Waals surface area contributed by atoms with Crippen molar-refractivity contribution in [3.8, 4) is 11.5 Å². The van der Waals surface area contributed by atoms with Crippen LogP contribution < -0.4 is 20.3 Å². The largest absolute Gasteiger partial charge is 0.504 e. The van der Waals surface area contributed by atoms with E-state index in [1.54, 1.807) is 12.1 Å². The zero-order chi connectivity index (χ0) is 24.1. The van der Waals surface area contributed by atoms with E-state index in [1.165, 1.54) is 18.9 Å². The lowest BCUT2D eigenvalue weighted by atomic mass is 9.94. The number of aromatic hydroxyl groups is 1. The van der Waals surface area contributed by atoms with Crippen molar-refractivity contribution >= 4 is 17.7 Å². The summed E-state index contributed by atoms with van der Waals surface area (Å²) in [6.45, 7) is 5.85. The lowest BCUT2D eigenvalue weighted by Crippen LogP contribution is -2.51. The van der Waals surface area contributed by atoms with Gasteiger partial charge in [0.25, 0.3) is 0 Å². The molecule has 1 fully saturated rings. The molecule has 4 rings (SSSR count). The number of carbonyl (C=O) groups excluding carboxylic acids is 2. The Morgan fingerprint density at radius 2 is 1.85 bits per heavy atom. The summed E-state index contributed by atoms with van der Waals surface area (Å²) in [4.78, 5) is 29.9. The molecular weight excluding hydrogens is 436 g/mol. The number of carbonyl (C=O) groups is 2. The topological polar surface area (TPSA) is 103 Å². The minimum Gasteiger partial charge on any atom is -0.504 e. The molecule has 0 bridgehead atoms. The van der Waals surface area contributed by atoms with Crippen LogP contribution in [-0.2, 0) is 9.53 Å². The van der Waals surface area contributed by atoms with Crippen molar-refractivity contribution in [2.75, 3.05) is 51.3 Å². The van der Waals surface area contributed by atoms with Crippen LogP contribution in [0.3, 0.4) is 0 Å². The molecule has 0 spiro atoms. The highest BCUT2D eigenvalue weighted by Gasteiger charge is 2.35. The molecule has 2 aromatic carbocycles. The van der Waals surface area contributed by atoms with Crippen molar-refractivity contribution in [1.29, 1.82) is 0 Å². The number of nitrogens with zero attached hydrogens (tertiary/aromatic N) is 2. The number of amides is 2. The molecule has 1 saturated heterocycles. The smallest absolute Gasteiger partial charge is 0.338 e. The molecule has 0 aromatic heterocycles. The molecule has 0 aliphatic carbocycles. The van der Waals surface area contributed by atoms with Crippen molar-refractivity contribution in [3.63, 3.8) is 0 Å². The van der Waals surface area contributed by atoms with Gasteiger partial charge in [-0.1, -0.05) is 24.3 Å². The molecule has 2 aromatic rings. The number of methoxy groups -OCH3 is 1. The quantitative estimate of drug-likeness (QED) is 0.539. The highest BCUT2D eigenvalue weighted by Crippen LogP contribution is 2.34. The van der Waals surface area contributed by atoms with Crippen LogP contribution in [0.25, 0.3) is 0 Å². The molecule has 1 atom stereocenters. The first kappa shape index (κ1) is 23.4. The number of phenols is 1. The van der Waals surface area contributed by atoms with Crippen LogP contribution in [0.2, 0.25) is 0 Å². The number of anilines is 1. The fourth-order valence-electron chi connectivity index (χ4n) is 4.35. The average molecular weight is 467 g/mol. The van der Waals surface area contributed by atoms with Crippen molar-refractivity contribution in [3.05, 3.63) is 65.4 Å². The SMILES string of the molecule is CCOc1cc(C2NC(=O)NC(CN3CCN(c4ccccc4)CC3)=C2C(=O)OC)ccc1O. The second-order valence-electron chi connectivity index (χ2n) is 8.17. The van der Waals surface area contributed by atoms with E-state index < -0.39 is 18.0 Å². The Bertz CT molecular complexity index is 1060. The maximum Gasteiger partial charge on any atom is 0.338 e. The molecule has 34 heavy (non-hydrogen) atoms. The fraction of sp³-hybridized carbons (Fsp3) is 0.360. The van der Waals surface area contributed by atoms with Gasteiger partial charge in [-0.15, -0.1) is 0 Å². The molecule has 2 amide bonds. The van der Waals surface area contributed by atoms with Gasteiger partial charge < -0.3 is 30.1 Å². The molecule has 2 heterocycles. The monoisotopic (exact) mass is 466 g/mol. The fourth-order valence-corrected chi connectivity index (χ4v) is 4.35. The van der Waals surface area contributed by atoms with Gasteiger partial charge in [-0.3, -0.25) is 4.90 Å². The average Bonchev–Trinajstić information content (AvgIpc) is 2.86. The summed E-state index contributed by atoms with van der Waals surface area (Å²) >= 11 is 0. The highest BCUT2D eigenvalue weighted by atomic mass is 16.5. The summed E-state index contributed by atoms with van der Waals surface area (Å²) in [7, 11) is 1.32. The molecule has 2 aliphatic rings. The predicted octanol–water partition coefficient (Wildman–Crippen LogP) is 2.39. The third kappa shape index (κ3) is 5.09. The van der Waals surface area contributed by atoms with Gasteiger partial charge in [0.15, 0.2) is 11.5 Å². The summed E-state index contributed by atoms with van der Waals surface area (Å²) in [6.07, 6.45) is 0. The van der Waals surface area contributed by atoms with E-state index in [1.807, 2.05) is 25.1 Å². The standard InChI is InChI=1S/C25H30N4O5/c1-3-34-21-15-17(9-10-20(21)30)23-22(24(31)33-2)19(26-25(32)27-23)16-28-11-13-29(14-12-28)18-7-5-4-6-8-18/h4-10,15,23,30H,3,11-14,16H2,1-2H3,(H2,26,27,32). The Labute approximate surface area is 198 Å². The second-order valence-corrected chi connectivity index (χ2v) is 8.17. The summed E-state index contributed by atoms with van der Waals surface area (Å²) in [5.41, 5.74) is 2.65. The molecule has 180 valence electrons. The van der Waals surface area contributed by atoms with Gasteiger partial charge in [0.2, 0.25) is 0 Å². The van der Waals surface area contributed by atoms with E-state index in [4.69, 9.17) is 9.47 Å². The van der Waals surface area contributed by atoms with Crippen molar-refractivity contribution < 1.29 is 24.2 Å². The van der Waals surface area contributed by atoms with E-state index >= 15 is 0 Å². The predicted molar refractivity (Wildman–Crippen MR) is 128 cm³/mol. The van der Waals surface area contributed by atoms with Crippen LogP contribution in [-0.4, -0.2) is 68.4 Å². The molecule has 1 unspecified atom stereocenters. The zero-order valence-electron chi connectivity index (χ0n) is 19.4. The molecular formula is C25H30N4O5. The molecule has 9 nitrogen and oxygen atoms in total. The summed E-state index contributed by atoms with van der Waals surface area (Å²) in [5, 5.41) is 15.7. The molecule has 0 radical (unpaired) electrons. The van der Waals surface area contributed by atoms with Crippen LogP contribution >= 0.6 is 0 Å². The van der Waals surface area contributed by atoms with E-state index in [0.29, 0.717) is 30.0 Å². The summed E-state index contributed by atoms with van der Waals surface area (Å²) in [6, 6.07) is 13.9. The Hall–Kier alpha value is -3.72. The Morgan fingerprint density at radius 3 is 2.53 bits per heavy atom. The Balaban J connectivity index is 1.58. The number of phenolic OH excluding ortho intramolecular Hbond substituents is 1. The number of para-hydroxylation sites is 1. The molecule has 0 saturated carbocycles. The Kier molecular flexibility index (Phi) is 7.22. The number of rotatable bonds is 7. The van der Waals surface area contributed by atoms with Gasteiger partial charge in [-0.05, 0) is 36.8 Å². The summed E-state index contributed by atoms with van der Waals surface area (Å²) in [5.74, 6) is -0.247. The van der Waals surface area contributed by atoms with Crippen molar-refractivity contribution in [2.24, 2.45) is 0 Å². The number of hydrogen-bond donors (Lipinski definition) is 3. The first-order chi connectivity index (χ1) is 16.5. The first-order valence-corrected chi connectivity index (χ1v) is 11.4. The van der Waals surface area contributed by atoms with Gasteiger partial charge in [0, 0.05) is 44.1 Å². The van der Waals surface area contributed by atoms with Crippen LogP contribution in [0.5, 0.6) is 11.5 Å². The lowest BCUT2D eigenvalue weighted by molar-refractivity contribution is -0.136. The number of benzene rings is 2. The van der Waals surface area contributed by atoms with Crippen LogP contribution in [0.4, 0.5) is 10.5 Å². The van der Waals surface area contributed by atoms with E-state index in [-0.39, 0.29) is 11.5 Å². The van der Waals surface area contributed by atoms with Gasteiger partial charge in [-0.2, -0.15) is 0 Å². The van der Waals surface area contributed by atoms with Crippen LogP contribution in [0.1, 0.15) is 18.5 Å². The zero-order valence-corrected chi connectivity index (χ0v) is 19.4. The number of urea groups is 1. The number of nitrogens with one attached hydrogen (secondary N) is 2. The van der Waals surface area contributed by atoms with Crippen LogP contribution in [0.15, 0.2) is 59.8 Å². The molecule has 9 heteroatoms. The van der Waals surface area contributed by atoms with Gasteiger partial charge in [0.05, 0.1) is 25.3 Å². The summed E-state index contributed by atoms with van der Waals surface area (Å²) < 4.78 is 10.6. The minimum absolute atomic E-state index is 0.00836. The van der Waals surface area contributed by atoms with E-state index in [9.17, 15) is 14.7 Å². The molecule has 3 N–H and O–H groups in total. The maximum atomic E-state index is 12.8. The lowest BCUT2D eigenvalue weighted by Gasteiger charge is -2.38. The normalized spacial score (nSPS) is 18.8. The highest BCUT2D eigenvalue weighted by molar-refractivity contribution is 5.95. The number of ether oxygens (including phenoxy) is 2. The Morgan fingerprint density at radius 1 is 1.12 bits per heavy atom. The van der Waals surface area contributed by atoms with Crippen LogP contribution in [0, 0.1) is 0 Å². The number of hydrogen-bond acceptors (Lipinski definition) is 7. The van der Waals surface area contributed by atoms with Crippen molar-refractivity contribution in [1.82, 2.24) is 15.5 Å². The third-order valence-corrected chi connectivity index (χ3v) is 6.05. The van der Waals surface area contributed by atoms with Gasteiger partial charge in [-0.25, -0.2) is 9.59 Å². The number of piperazine rings is 1. The first-order valence-electron chi connectivity index (χ1n) is 11.4. The second kappa shape index (κ2) is 10.5. The van der Waals surface area contributed by atoms with Gasteiger partial charge >= 0.3 is 12.0 Å². The maximum absolute atomic E-state index is 12.8. The van der Waals surface area contributed by atoms with Gasteiger partial charge in [0.1, 0.15) is 0 Å². The minimum atomic E-state index is -0.735.